The number of alkyl halides is 3. The zero-order valence-corrected chi connectivity index (χ0v) is 20.7. The first-order valence-electron chi connectivity index (χ1n) is 11.4. The molecule has 1 fully saturated rings. The van der Waals surface area contributed by atoms with E-state index in [-0.39, 0.29) is 5.56 Å². The van der Waals surface area contributed by atoms with E-state index in [9.17, 15) is 17.6 Å². The molecule has 6 nitrogen and oxygen atoms in total. The molecule has 188 valence electrons. The highest BCUT2D eigenvalue weighted by Gasteiger charge is 2.35. The maximum atomic E-state index is 14.7. The van der Waals surface area contributed by atoms with Crippen LogP contribution in [0.5, 0.6) is 0 Å². The van der Waals surface area contributed by atoms with Crippen molar-refractivity contribution in [1.29, 1.82) is 0 Å². The summed E-state index contributed by atoms with van der Waals surface area (Å²) >= 11 is 6.52. The summed E-state index contributed by atoms with van der Waals surface area (Å²) in [5.74, 6) is -0.554. The van der Waals surface area contributed by atoms with Crippen LogP contribution in [0.1, 0.15) is 43.8 Å². The van der Waals surface area contributed by atoms with Crippen molar-refractivity contribution in [3.8, 4) is 0 Å². The first kappa shape index (κ1) is 25.4. The summed E-state index contributed by atoms with van der Waals surface area (Å²) in [6.45, 7) is 10.9. The van der Waals surface area contributed by atoms with E-state index >= 15 is 0 Å². The highest BCUT2D eigenvalue weighted by molar-refractivity contribution is 6.32. The van der Waals surface area contributed by atoms with E-state index in [0.29, 0.717) is 33.9 Å². The Morgan fingerprint density at radius 2 is 1.71 bits per heavy atom. The lowest BCUT2D eigenvalue weighted by molar-refractivity contribution is -0.140. The molecule has 3 aromatic rings. The molecule has 0 saturated carbocycles. The Bertz CT molecular complexity index is 1220. The summed E-state index contributed by atoms with van der Waals surface area (Å²) in [5, 5.41) is 3.94. The minimum absolute atomic E-state index is 0.115. The van der Waals surface area contributed by atoms with Crippen molar-refractivity contribution in [1.82, 2.24) is 19.9 Å². The van der Waals surface area contributed by atoms with Gasteiger partial charge in [-0.3, -0.25) is 4.90 Å². The number of fused-ring (bicyclic) bond motifs is 1. The average molecular weight is 511 g/mol. The largest absolute Gasteiger partial charge is 0.419 e. The smallest absolute Gasteiger partial charge is 0.366 e. The summed E-state index contributed by atoms with van der Waals surface area (Å²) in [7, 11) is 0. The molecule has 4 rings (SSSR count). The standard InChI is InChI=1S/C24H27ClF4N6/c1-13(2)34-8-10-35(11-9-34)19-12-17-22(31-15(4)32-23(17)33-21(19)25)30-14(3)16-6-5-7-18(20(16)26)24(27,28)29/h5-7,12-14H,8-11H2,1-4H3,(H,30,31,32,33)/t14-/m1/s1. The number of hydrogen-bond acceptors (Lipinski definition) is 6. The highest BCUT2D eigenvalue weighted by Crippen LogP contribution is 2.36. The van der Waals surface area contributed by atoms with Gasteiger partial charge in [-0.1, -0.05) is 23.7 Å². The number of halogens is 5. The molecule has 0 bridgehead atoms. The second kappa shape index (κ2) is 9.73. The van der Waals surface area contributed by atoms with Gasteiger partial charge in [0.25, 0.3) is 0 Å². The molecule has 0 spiro atoms. The number of pyridine rings is 1. The molecule has 35 heavy (non-hydrogen) atoms. The van der Waals surface area contributed by atoms with Crippen LogP contribution in [0.2, 0.25) is 5.15 Å². The zero-order chi connectivity index (χ0) is 25.5. The maximum absolute atomic E-state index is 14.7. The zero-order valence-electron chi connectivity index (χ0n) is 19.9. The maximum Gasteiger partial charge on any atom is 0.419 e. The number of anilines is 2. The molecule has 1 atom stereocenters. The van der Waals surface area contributed by atoms with Gasteiger partial charge in [-0.15, -0.1) is 0 Å². The van der Waals surface area contributed by atoms with Crippen LogP contribution in [0.4, 0.5) is 29.1 Å². The molecular formula is C24H27ClF4N6. The SMILES string of the molecule is Cc1nc(N[C@H](C)c2cccc(C(F)(F)F)c2F)c2cc(N3CCN(C(C)C)CC3)c(Cl)nc2n1. The Kier molecular flexibility index (Phi) is 7.06. The Labute approximate surface area is 206 Å². The summed E-state index contributed by atoms with van der Waals surface area (Å²) in [5.41, 5.74) is -0.331. The lowest BCUT2D eigenvalue weighted by Crippen LogP contribution is -2.49. The van der Waals surface area contributed by atoms with Crippen LogP contribution in [-0.2, 0) is 6.18 Å². The van der Waals surface area contributed by atoms with Crippen molar-refractivity contribution < 1.29 is 17.6 Å². The quantitative estimate of drug-likeness (QED) is 0.343. The van der Waals surface area contributed by atoms with E-state index in [1.165, 1.54) is 12.1 Å². The van der Waals surface area contributed by atoms with Gasteiger partial charge in [-0.25, -0.2) is 19.3 Å². The van der Waals surface area contributed by atoms with Gasteiger partial charge in [0, 0.05) is 37.8 Å². The van der Waals surface area contributed by atoms with Crippen molar-refractivity contribution in [2.45, 2.75) is 46.0 Å². The number of rotatable bonds is 5. The molecule has 0 amide bonds. The molecule has 1 aliphatic rings. The fraction of sp³-hybridized carbons (Fsp3) is 0.458. The molecule has 0 radical (unpaired) electrons. The van der Waals surface area contributed by atoms with Crippen LogP contribution in [0, 0.1) is 12.7 Å². The minimum atomic E-state index is -4.78. The molecule has 0 aliphatic carbocycles. The molecule has 11 heteroatoms. The van der Waals surface area contributed by atoms with Gasteiger partial charge in [-0.05, 0) is 39.8 Å². The van der Waals surface area contributed by atoms with Gasteiger partial charge < -0.3 is 10.2 Å². The van der Waals surface area contributed by atoms with E-state index in [1.54, 1.807) is 13.8 Å². The Balaban J connectivity index is 1.69. The van der Waals surface area contributed by atoms with Crippen LogP contribution in [0.15, 0.2) is 24.3 Å². The van der Waals surface area contributed by atoms with Crippen LogP contribution < -0.4 is 10.2 Å². The van der Waals surface area contributed by atoms with Gasteiger partial charge >= 0.3 is 6.18 Å². The lowest BCUT2D eigenvalue weighted by atomic mass is 10.0. The van der Waals surface area contributed by atoms with Crippen molar-refractivity contribution >= 4 is 34.1 Å². The minimum Gasteiger partial charge on any atom is -0.366 e. The van der Waals surface area contributed by atoms with Crippen molar-refractivity contribution in [3.05, 3.63) is 52.2 Å². The predicted octanol–water partition coefficient (Wildman–Crippen LogP) is 5.85. The van der Waals surface area contributed by atoms with Crippen molar-refractivity contribution in [2.75, 3.05) is 36.4 Å². The Hall–Kier alpha value is -2.72. The van der Waals surface area contributed by atoms with Gasteiger partial charge in [0.15, 0.2) is 10.8 Å². The van der Waals surface area contributed by atoms with Gasteiger partial charge in [0.05, 0.1) is 22.7 Å². The fourth-order valence-electron chi connectivity index (χ4n) is 4.33. The number of benzene rings is 1. The first-order chi connectivity index (χ1) is 16.5. The molecule has 2 aromatic heterocycles. The molecule has 1 N–H and O–H groups in total. The second-order valence-corrected chi connectivity index (χ2v) is 9.34. The predicted molar refractivity (Wildman–Crippen MR) is 129 cm³/mol. The van der Waals surface area contributed by atoms with E-state index in [4.69, 9.17) is 11.6 Å². The first-order valence-corrected chi connectivity index (χ1v) is 11.8. The average Bonchev–Trinajstić information content (AvgIpc) is 2.78. The van der Waals surface area contributed by atoms with Gasteiger partial charge in [0.2, 0.25) is 0 Å². The monoisotopic (exact) mass is 510 g/mol. The number of piperazine rings is 1. The van der Waals surface area contributed by atoms with Crippen LogP contribution in [-0.4, -0.2) is 52.1 Å². The molecule has 0 unspecified atom stereocenters. The van der Waals surface area contributed by atoms with Crippen LogP contribution in [0.3, 0.4) is 0 Å². The second-order valence-electron chi connectivity index (χ2n) is 8.98. The van der Waals surface area contributed by atoms with Crippen LogP contribution >= 0.6 is 11.6 Å². The van der Waals surface area contributed by atoms with Crippen molar-refractivity contribution in [3.63, 3.8) is 0 Å². The van der Waals surface area contributed by atoms with Crippen LogP contribution in [0.25, 0.3) is 11.0 Å². The van der Waals surface area contributed by atoms with E-state index in [1.807, 2.05) is 6.07 Å². The Morgan fingerprint density at radius 3 is 2.34 bits per heavy atom. The third-order valence-electron chi connectivity index (χ3n) is 6.27. The summed E-state index contributed by atoms with van der Waals surface area (Å²) in [6.07, 6.45) is -4.78. The molecule has 3 heterocycles. The molecule has 1 saturated heterocycles. The van der Waals surface area contributed by atoms with E-state index in [2.05, 4.69) is 43.9 Å². The molecule has 1 aliphatic heterocycles. The molecular weight excluding hydrogens is 484 g/mol. The van der Waals surface area contributed by atoms with Gasteiger partial charge in [0.1, 0.15) is 17.5 Å². The van der Waals surface area contributed by atoms with E-state index < -0.39 is 23.6 Å². The summed E-state index contributed by atoms with van der Waals surface area (Å²) in [6, 6.07) is 4.74. The van der Waals surface area contributed by atoms with E-state index in [0.717, 1.165) is 37.9 Å². The fourth-order valence-corrected chi connectivity index (χ4v) is 4.58. The lowest BCUT2D eigenvalue weighted by Gasteiger charge is -2.38. The third kappa shape index (κ3) is 5.28. The number of nitrogens with zero attached hydrogens (tertiary/aromatic N) is 5. The number of hydrogen-bond donors (Lipinski definition) is 1. The number of aromatic nitrogens is 3. The Morgan fingerprint density at radius 1 is 1.03 bits per heavy atom. The van der Waals surface area contributed by atoms with Crippen molar-refractivity contribution in [2.24, 2.45) is 0 Å². The summed E-state index contributed by atoms with van der Waals surface area (Å²) < 4.78 is 54.3. The molecule has 1 aromatic carbocycles. The normalized spacial score (nSPS) is 16.2. The summed E-state index contributed by atoms with van der Waals surface area (Å²) in [4.78, 5) is 17.8. The number of nitrogens with one attached hydrogen (secondary N) is 1. The highest BCUT2D eigenvalue weighted by atomic mass is 35.5. The number of aryl methyl sites for hydroxylation is 1. The topological polar surface area (TPSA) is 57.2 Å². The third-order valence-corrected chi connectivity index (χ3v) is 6.55. The van der Waals surface area contributed by atoms with Gasteiger partial charge in [-0.2, -0.15) is 13.2 Å².